The summed E-state index contributed by atoms with van der Waals surface area (Å²) in [6.45, 7) is 1.84. The van der Waals surface area contributed by atoms with Crippen molar-refractivity contribution in [3.05, 3.63) is 12.3 Å². The van der Waals surface area contributed by atoms with Gasteiger partial charge in [0.2, 0.25) is 5.88 Å². The van der Waals surface area contributed by atoms with E-state index in [1.807, 2.05) is 12.3 Å². The molecule has 0 saturated carbocycles. The van der Waals surface area contributed by atoms with E-state index in [-0.39, 0.29) is 19.2 Å². The number of thioether (sulfide) groups is 1. The number of hydrogen-bond acceptors (Lipinski definition) is 6. The van der Waals surface area contributed by atoms with Crippen molar-refractivity contribution in [2.45, 2.75) is 12.1 Å². The van der Waals surface area contributed by atoms with Crippen LogP contribution in [0.25, 0.3) is 11.0 Å². The first-order valence-electron chi connectivity index (χ1n) is 5.36. The predicted molar refractivity (Wildman–Crippen MR) is 67.8 cm³/mol. The van der Waals surface area contributed by atoms with Gasteiger partial charge in [-0.2, -0.15) is 4.98 Å². The molecular weight excluding hydrogens is 254 g/mol. The number of nitrogens with zero attached hydrogens (tertiary/aromatic N) is 2. The zero-order valence-electron chi connectivity index (χ0n) is 10.1. The molecule has 96 valence electrons. The summed E-state index contributed by atoms with van der Waals surface area (Å²) in [5.74, 6) is 0.177. The first kappa shape index (κ1) is 12.7. The van der Waals surface area contributed by atoms with E-state index in [1.54, 1.807) is 6.20 Å². The standard InChI is InChI=1S/C11H13N3O3S/c1-7(15)16-5-6-17-10-8-3-4-12-9(8)13-11(14-10)18-2/h3-4H,5-6H2,1-2H3,(H,12,13,14). The van der Waals surface area contributed by atoms with E-state index in [4.69, 9.17) is 9.47 Å². The molecule has 0 bridgehead atoms. The number of hydrogen-bond donors (Lipinski definition) is 1. The number of carbonyl (C=O) groups excluding carboxylic acids is 1. The Balaban J connectivity index is 2.10. The van der Waals surface area contributed by atoms with Crippen LogP contribution in [0.15, 0.2) is 17.4 Å². The molecule has 2 aromatic rings. The van der Waals surface area contributed by atoms with Crippen LogP contribution in [0.1, 0.15) is 6.92 Å². The largest absolute Gasteiger partial charge is 0.473 e. The number of esters is 1. The van der Waals surface area contributed by atoms with Crippen LogP contribution < -0.4 is 4.74 Å². The molecule has 2 heterocycles. The fraction of sp³-hybridized carbons (Fsp3) is 0.364. The molecule has 0 radical (unpaired) electrons. The molecule has 0 amide bonds. The number of aromatic amines is 1. The number of nitrogens with one attached hydrogen (secondary N) is 1. The molecule has 0 spiro atoms. The minimum Gasteiger partial charge on any atom is -0.473 e. The van der Waals surface area contributed by atoms with E-state index in [9.17, 15) is 4.79 Å². The van der Waals surface area contributed by atoms with Gasteiger partial charge in [0.15, 0.2) is 5.16 Å². The summed E-state index contributed by atoms with van der Waals surface area (Å²) in [5.41, 5.74) is 0.733. The highest BCUT2D eigenvalue weighted by molar-refractivity contribution is 7.98. The van der Waals surface area contributed by atoms with E-state index in [2.05, 4.69) is 15.0 Å². The SMILES string of the molecule is CSc1nc(OCCOC(C)=O)c2cc[nH]c2n1. The summed E-state index contributed by atoms with van der Waals surface area (Å²) >= 11 is 1.44. The van der Waals surface area contributed by atoms with Crippen molar-refractivity contribution in [2.75, 3.05) is 19.5 Å². The molecule has 18 heavy (non-hydrogen) atoms. The van der Waals surface area contributed by atoms with Gasteiger partial charge in [-0.25, -0.2) is 4.98 Å². The summed E-state index contributed by atoms with van der Waals surface area (Å²) in [5, 5.41) is 1.45. The number of carbonyl (C=O) groups is 1. The monoisotopic (exact) mass is 267 g/mol. The van der Waals surface area contributed by atoms with Crippen LogP contribution >= 0.6 is 11.8 Å². The van der Waals surface area contributed by atoms with Crippen molar-refractivity contribution in [2.24, 2.45) is 0 Å². The van der Waals surface area contributed by atoms with Crippen molar-refractivity contribution in [1.82, 2.24) is 15.0 Å². The molecule has 0 saturated heterocycles. The maximum absolute atomic E-state index is 10.6. The minimum atomic E-state index is -0.321. The Labute approximate surface area is 108 Å². The fourth-order valence-corrected chi connectivity index (χ4v) is 1.78. The maximum Gasteiger partial charge on any atom is 0.302 e. The fourth-order valence-electron chi connectivity index (χ4n) is 1.42. The number of fused-ring (bicyclic) bond motifs is 1. The Hall–Kier alpha value is -1.76. The zero-order chi connectivity index (χ0) is 13.0. The third-order valence-corrected chi connectivity index (χ3v) is 2.72. The van der Waals surface area contributed by atoms with Crippen molar-refractivity contribution in [3.8, 4) is 5.88 Å². The smallest absolute Gasteiger partial charge is 0.302 e. The molecule has 0 atom stereocenters. The van der Waals surface area contributed by atoms with Crippen LogP contribution in [0.4, 0.5) is 0 Å². The second-order valence-electron chi connectivity index (χ2n) is 3.44. The molecule has 0 fully saturated rings. The summed E-state index contributed by atoms with van der Waals surface area (Å²) in [7, 11) is 0. The van der Waals surface area contributed by atoms with Gasteiger partial charge in [0, 0.05) is 13.1 Å². The lowest BCUT2D eigenvalue weighted by Crippen LogP contribution is -2.10. The van der Waals surface area contributed by atoms with Crippen molar-refractivity contribution < 1.29 is 14.3 Å². The summed E-state index contributed by atoms with van der Waals surface area (Å²) in [6, 6.07) is 1.85. The van der Waals surface area contributed by atoms with Gasteiger partial charge in [0.05, 0.1) is 5.39 Å². The molecule has 0 aliphatic heterocycles. The normalized spacial score (nSPS) is 10.6. The van der Waals surface area contributed by atoms with Gasteiger partial charge >= 0.3 is 5.97 Å². The van der Waals surface area contributed by atoms with Gasteiger partial charge in [-0.3, -0.25) is 4.79 Å². The lowest BCUT2D eigenvalue weighted by Gasteiger charge is -2.07. The van der Waals surface area contributed by atoms with E-state index in [0.717, 1.165) is 11.0 Å². The number of aromatic nitrogens is 3. The molecule has 6 nitrogen and oxygen atoms in total. The topological polar surface area (TPSA) is 77.1 Å². The lowest BCUT2D eigenvalue weighted by atomic mass is 10.4. The van der Waals surface area contributed by atoms with E-state index in [0.29, 0.717) is 11.0 Å². The van der Waals surface area contributed by atoms with Gasteiger partial charge in [-0.15, -0.1) is 0 Å². The highest BCUT2D eigenvalue weighted by atomic mass is 32.2. The van der Waals surface area contributed by atoms with Crippen molar-refractivity contribution in [3.63, 3.8) is 0 Å². The van der Waals surface area contributed by atoms with Gasteiger partial charge in [0.25, 0.3) is 0 Å². The van der Waals surface area contributed by atoms with E-state index in [1.165, 1.54) is 18.7 Å². The highest BCUT2D eigenvalue weighted by Gasteiger charge is 2.09. The van der Waals surface area contributed by atoms with Gasteiger partial charge in [-0.1, -0.05) is 11.8 Å². The maximum atomic E-state index is 10.6. The van der Waals surface area contributed by atoms with Crippen LogP contribution in [-0.4, -0.2) is 40.4 Å². The Bertz CT molecular complexity index is 555. The van der Waals surface area contributed by atoms with Crippen LogP contribution in [0.5, 0.6) is 5.88 Å². The Morgan fingerprint density at radius 2 is 2.28 bits per heavy atom. The van der Waals surface area contributed by atoms with E-state index >= 15 is 0 Å². The van der Waals surface area contributed by atoms with Crippen LogP contribution in [-0.2, 0) is 9.53 Å². The first-order chi connectivity index (χ1) is 8.70. The molecule has 0 aliphatic carbocycles. The number of H-pyrrole nitrogens is 1. The summed E-state index contributed by atoms with van der Waals surface area (Å²) in [6.07, 6.45) is 3.68. The molecule has 0 aliphatic rings. The Morgan fingerprint density at radius 3 is 3.00 bits per heavy atom. The highest BCUT2D eigenvalue weighted by Crippen LogP contribution is 2.24. The quantitative estimate of drug-likeness (QED) is 0.384. The number of rotatable bonds is 5. The zero-order valence-corrected chi connectivity index (χ0v) is 10.9. The van der Waals surface area contributed by atoms with Crippen LogP contribution in [0, 0.1) is 0 Å². The Morgan fingerprint density at radius 1 is 1.44 bits per heavy atom. The molecular formula is C11H13N3O3S. The summed E-state index contributed by atoms with van der Waals surface area (Å²) < 4.78 is 10.3. The third kappa shape index (κ3) is 2.92. The molecule has 2 aromatic heterocycles. The first-order valence-corrected chi connectivity index (χ1v) is 6.58. The second-order valence-corrected chi connectivity index (χ2v) is 4.22. The van der Waals surface area contributed by atoms with Crippen molar-refractivity contribution in [1.29, 1.82) is 0 Å². The average molecular weight is 267 g/mol. The molecule has 0 aromatic carbocycles. The minimum absolute atomic E-state index is 0.208. The molecule has 7 heteroatoms. The lowest BCUT2D eigenvalue weighted by molar-refractivity contribution is -0.141. The molecule has 0 unspecified atom stereocenters. The molecule has 1 N–H and O–H groups in total. The van der Waals surface area contributed by atoms with Crippen LogP contribution in [0.3, 0.4) is 0 Å². The van der Waals surface area contributed by atoms with Gasteiger partial charge in [-0.05, 0) is 12.3 Å². The predicted octanol–water partition coefficient (Wildman–Crippen LogP) is 1.62. The average Bonchev–Trinajstić information content (AvgIpc) is 2.82. The third-order valence-electron chi connectivity index (χ3n) is 2.17. The number of ether oxygens (including phenoxy) is 2. The van der Waals surface area contributed by atoms with E-state index < -0.39 is 0 Å². The van der Waals surface area contributed by atoms with Crippen molar-refractivity contribution >= 4 is 28.8 Å². The second kappa shape index (κ2) is 5.72. The van der Waals surface area contributed by atoms with Gasteiger partial charge in [0.1, 0.15) is 18.9 Å². The summed E-state index contributed by atoms with van der Waals surface area (Å²) in [4.78, 5) is 22.2. The van der Waals surface area contributed by atoms with Crippen LogP contribution in [0.2, 0.25) is 0 Å². The molecule has 2 rings (SSSR count). The Kier molecular flexibility index (Phi) is 4.03. The van der Waals surface area contributed by atoms with Gasteiger partial charge < -0.3 is 14.5 Å².